The third-order valence-electron chi connectivity index (χ3n) is 5.46. The second-order valence-electron chi connectivity index (χ2n) is 7.83. The Morgan fingerprint density at radius 1 is 1.24 bits per heavy atom. The van der Waals surface area contributed by atoms with Crippen LogP contribution in [0.3, 0.4) is 0 Å². The molecule has 0 aromatic carbocycles. The molecular formula is C17H25N7O4S. The lowest BCUT2D eigenvalue weighted by Gasteiger charge is -2.45. The minimum absolute atomic E-state index is 0.00758. The van der Waals surface area contributed by atoms with Gasteiger partial charge in [-0.15, -0.1) is 5.10 Å². The van der Waals surface area contributed by atoms with Crippen LogP contribution in [-0.4, -0.2) is 78.4 Å². The fourth-order valence-corrected chi connectivity index (χ4v) is 3.97. The number of hydrogen-bond acceptors (Lipinski definition) is 10. The van der Waals surface area contributed by atoms with Crippen LogP contribution in [0.15, 0.2) is 6.33 Å². The van der Waals surface area contributed by atoms with Gasteiger partial charge in [0.05, 0.1) is 25.3 Å². The maximum Gasteiger partial charge on any atom is 0.254 e. The first-order valence-electron chi connectivity index (χ1n) is 9.34. The predicted molar refractivity (Wildman–Crippen MR) is 106 cm³/mol. The SMILES string of the molecule is CNc1ncn(-c2nc3c(c(C(C)(C)S(C)(=O)=O)n2)OC[C@@H]2COC[C@@H](C)N32)n1. The molecule has 29 heavy (non-hydrogen) atoms. The zero-order valence-electron chi connectivity index (χ0n) is 17.1. The van der Waals surface area contributed by atoms with Gasteiger partial charge in [0, 0.05) is 13.3 Å². The largest absolute Gasteiger partial charge is 0.486 e. The molecule has 1 fully saturated rings. The quantitative estimate of drug-likeness (QED) is 0.737. The molecule has 1 N–H and O–H groups in total. The molecule has 2 atom stereocenters. The van der Waals surface area contributed by atoms with Gasteiger partial charge in [-0.3, -0.25) is 0 Å². The number of nitrogens with one attached hydrogen (secondary N) is 1. The van der Waals surface area contributed by atoms with E-state index in [1.54, 1.807) is 20.9 Å². The Labute approximate surface area is 169 Å². The molecule has 4 rings (SSSR count). The highest BCUT2D eigenvalue weighted by molar-refractivity contribution is 7.91. The molecule has 0 radical (unpaired) electrons. The molecular weight excluding hydrogens is 398 g/mol. The molecule has 2 aromatic heterocycles. The third kappa shape index (κ3) is 3.19. The van der Waals surface area contributed by atoms with E-state index in [4.69, 9.17) is 14.5 Å². The number of aromatic nitrogens is 5. The van der Waals surface area contributed by atoms with Crippen molar-refractivity contribution in [3.05, 3.63) is 12.0 Å². The second kappa shape index (κ2) is 6.80. The molecule has 4 heterocycles. The zero-order valence-corrected chi connectivity index (χ0v) is 17.9. The summed E-state index contributed by atoms with van der Waals surface area (Å²) in [6.45, 7) is 6.72. The highest BCUT2D eigenvalue weighted by Gasteiger charge is 2.44. The van der Waals surface area contributed by atoms with Crippen LogP contribution in [0.25, 0.3) is 5.95 Å². The van der Waals surface area contributed by atoms with Gasteiger partial charge in [-0.05, 0) is 20.8 Å². The Bertz CT molecular complexity index is 1040. The molecule has 158 valence electrons. The first-order valence-corrected chi connectivity index (χ1v) is 11.2. The van der Waals surface area contributed by atoms with Crippen LogP contribution in [-0.2, 0) is 19.3 Å². The van der Waals surface area contributed by atoms with Crippen molar-refractivity contribution in [3.8, 4) is 11.7 Å². The Hall–Kier alpha value is -2.47. The molecule has 0 bridgehead atoms. The summed E-state index contributed by atoms with van der Waals surface area (Å²) in [5.74, 6) is 1.58. The number of sulfone groups is 1. The molecule has 0 saturated carbocycles. The second-order valence-corrected chi connectivity index (χ2v) is 10.4. The van der Waals surface area contributed by atoms with Gasteiger partial charge in [0.25, 0.3) is 5.95 Å². The average Bonchev–Trinajstić information content (AvgIpc) is 3.15. The number of anilines is 2. The maximum absolute atomic E-state index is 12.6. The summed E-state index contributed by atoms with van der Waals surface area (Å²) in [6.07, 6.45) is 2.67. The maximum atomic E-state index is 12.6. The van der Waals surface area contributed by atoms with Crippen LogP contribution in [0, 0.1) is 0 Å². The molecule has 2 aliphatic rings. The van der Waals surface area contributed by atoms with Crippen LogP contribution in [0.4, 0.5) is 11.8 Å². The van der Waals surface area contributed by atoms with Gasteiger partial charge < -0.3 is 19.7 Å². The highest BCUT2D eigenvalue weighted by Crippen LogP contribution is 2.43. The van der Waals surface area contributed by atoms with Crippen molar-refractivity contribution in [1.82, 2.24) is 24.7 Å². The van der Waals surface area contributed by atoms with E-state index in [1.807, 2.05) is 6.92 Å². The van der Waals surface area contributed by atoms with Crippen molar-refractivity contribution < 1.29 is 17.9 Å². The van der Waals surface area contributed by atoms with Crippen molar-refractivity contribution in [2.75, 3.05) is 43.3 Å². The summed E-state index contributed by atoms with van der Waals surface area (Å²) in [6, 6.07) is 0.0452. The van der Waals surface area contributed by atoms with Gasteiger partial charge in [0.1, 0.15) is 23.4 Å². The van der Waals surface area contributed by atoms with E-state index in [0.29, 0.717) is 43.0 Å². The fourth-order valence-electron chi connectivity index (χ4n) is 3.48. The Kier molecular flexibility index (Phi) is 4.65. The van der Waals surface area contributed by atoms with Crippen molar-refractivity contribution >= 4 is 21.6 Å². The van der Waals surface area contributed by atoms with E-state index in [1.165, 1.54) is 17.3 Å². The van der Waals surface area contributed by atoms with Crippen LogP contribution >= 0.6 is 0 Å². The lowest BCUT2D eigenvalue weighted by molar-refractivity contribution is 0.0482. The normalized spacial score (nSPS) is 21.9. The van der Waals surface area contributed by atoms with Crippen molar-refractivity contribution in [1.29, 1.82) is 0 Å². The molecule has 2 aromatic rings. The number of morpholine rings is 1. The first kappa shape index (κ1) is 19.8. The van der Waals surface area contributed by atoms with Crippen LogP contribution < -0.4 is 15.0 Å². The third-order valence-corrected chi connectivity index (χ3v) is 7.50. The van der Waals surface area contributed by atoms with Crippen molar-refractivity contribution in [2.24, 2.45) is 0 Å². The highest BCUT2D eigenvalue weighted by atomic mass is 32.2. The monoisotopic (exact) mass is 423 g/mol. The van der Waals surface area contributed by atoms with E-state index in [2.05, 4.69) is 25.3 Å². The van der Waals surface area contributed by atoms with Crippen LogP contribution in [0.5, 0.6) is 5.75 Å². The number of rotatable bonds is 4. The van der Waals surface area contributed by atoms with Gasteiger partial charge in [-0.2, -0.15) is 14.6 Å². The van der Waals surface area contributed by atoms with Gasteiger partial charge in [-0.1, -0.05) is 0 Å². The number of nitrogens with zero attached hydrogens (tertiary/aromatic N) is 6. The molecule has 0 spiro atoms. The Balaban J connectivity index is 1.96. The van der Waals surface area contributed by atoms with Crippen molar-refractivity contribution in [2.45, 2.75) is 37.6 Å². The summed E-state index contributed by atoms with van der Waals surface area (Å²) in [7, 11) is -1.79. The van der Waals surface area contributed by atoms with E-state index in [0.717, 1.165) is 0 Å². The van der Waals surface area contributed by atoms with E-state index < -0.39 is 14.6 Å². The number of fused-ring (bicyclic) bond motifs is 3. The van der Waals surface area contributed by atoms with Crippen LogP contribution in [0.1, 0.15) is 26.5 Å². The van der Waals surface area contributed by atoms with E-state index >= 15 is 0 Å². The Morgan fingerprint density at radius 2 is 2.00 bits per heavy atom. The summed E-state index contributed by atoms with van der Waals surface area (Å²) >= 11 is 0. The molecule has 0 amide bonds. The lowest BCUT2D eigenvalue weighted by atomic mass is 10.0. The predicted octanol–water partition coefficient (Wildman–Crippen LogP) is 0.365. The average molecular weight is 423 g/mol. The van der Waals surface area contributed by atoms with Gasteiger partial charge in [-0.25, -0.2) is 13.4 Å². The fraction of sp³-hybridized carbons (Fsp3) is 0.647. The standard InChI is InChI=1S/C17H25N7O4S/c1-10-6-27-7-11-8-28-12-13(17(2,3)29(5,25)26)20-16(21-14(12)24(10)11)23-9-19-15(18-4)22-23/h9-11H,6-8H2,1-5H3,(H,18,22)/t10-,11+/m1/s1. The minimum atomic E-state index is -3.50. The molecule has 1 saturated heterocycles. The number of ether oxygens (including phenoxy) is 2. The Morgan fingerprint density at radius 3 is 2.66 bits per heavy atom. The topological polar surface area (TPSA) is 124 Å². The summed E-state index contributed by atoms with van der Waals surface area (Å²) in [5.41, 5.74) is 0.304. The summed E-state index contributed by atoms with van der Waals surface area (Å²) in [4.78, 5) is 15.5. The van der Waals surface area contributed by atoms with Gasteiger partial charge >= 0.3 is 0 Å². The minimum Gasteiger partial charge on any atom is -0.486 e. The molecule has 12 heteroatoms. The summed E-state index contributed by atoms with van der Waals surface area (Å²) in [5, 5.41) is 7.15. The van der Waals surface area contributed by atoms with E-state index in [-0.39, 0.29) is 18.0 Å². The van der Waals surface area contributed by atoms with Gasteiger partial charge in [0.15, 0.2) is 21.4 Å². The molecule has 0 unspecified atom stereocenters. The molecule has 2 aliphatic heterocycles. The smallest absolute Gasteiger partial charge is 0.254 e. The zero-order chi connectivity index (χ0) is 21.0. The molecule has 11 nitrogen and oxygen atoms in total. The number of hydrogen-bond donors (Lipinski definition) is 1. The van der Waals surface area contributed by atoms with Crippen molar-refractivity contribution in [3.63, 3.8) is 0 Å². The first-order chi connectivity index (χ1) is 13.6. The van der Waals surface area contributed by atoms with Crippen LogP contribution in [0.2, 0.25) is 0 Å². The van der Waals surface area contributed by atoms with E-state index in [9.17, 15) is 8.42 Å². The van der Waals surface area contributed by atoms with Gasteiger partial charge in [0.2, 0.25) is 5.95 Å². The summed E-state index contributed by atoms with van der Waals surface area (Å²) < 4.78 is 37.0. The molecule has 0 aliphatic carbocycles. The lowest BCUT2D eigenvalue weighted by Crippen LogP contribution is -2.56.